The van der Waals surface area contributed by atoms with Gasteiger partial charge in [-0.2, -0.15) is 0 Å². The second-order valence-corrected chi connectivity index (χ2v) is 6.77. The van der Waals surface area contributed by atoms with E-state index in [1.807, 2.05) is 0 Å². The number of rotatable bonds is 3. The zero-order valence-corrected chi connectivity index (χ0v) is 12.2. The van der Waals surface area contributed by atoms with Gasteiger partial charge in [0.15, 0.2) is 0 Å². The molecule has 20 heavy (non-hydrogen) atoms. The van der Waals surface area contributed by atoms with Crippen LogP contribution in [0.3, 0.4) is 0 Å². The number of hydrogen-bond donors (Lipinski definition) is 2. The van der Waals surface area contributed by atoms with Gasteiger partial charge in [-0.1, -0.05) is 0 Å². The fourth-order valence-electron chi connectivity index (χ4n) is 2.44. The summed E-state index contributed by atoms with van der Waals surface area (Å²) >= 11 is 2.75. The van der Waals surface area contributed by atoms with E-state index < -0.39 is 5.97 Å². The molecule has 0 spiro atoms. The molecule has 2 N–H and O–H groups in total. The Hall–Kier alpha value is -1.66. The topological polar surface area (TPSA) is 66.4 Å². The molecule has 0 aliphatic heterocycles. The summed E-state index contributed by atoms with van der Waals surface area (Å²) in [6.07, 6.45) is 3.09. The largest absolute Gasteiger partial charge is 0.477 e. The number of hydrogen-bond acceptors (Lipinski definition) is 4. The van der Waals surface area contributed by atoms with Gasteiger partial charge in [-0.15, -0.1) is 22.7 Å². The van der Waals surface area contributed by atoms with Gasteiger partial charge in [0.05, 0.1) is 10.9 Å². The Balaban J connectivity index is 1.75. The molecule has 1 unspecified atom stereocenters. The highest BCUT2D eigenvalue weighted by atomic mass is 32.1. The number of carboxylic acid groups (broad SMARTS) is 1. The van der Waals surface area contributed by atoms with Crippen molar-refractivity contribution in [1.82, 2.24) is 5.32 Å². The average molecular weight is 307 g/mol. The molecule has 6 heteroatoms. The number of nitrogens with one attached hydrogen (secondary N) is 1. The van der Waals surface area contributed by atoms with Crippen molar-refractivity contribution < 1.29 is 14.7 Å². The third kappa shape index (κ3) is 2.48. The van der Waals surface area contributed by atoms with Gasteiger partial charge < -0.3 is 10.4 Å². The second-order valence-electron chi connectivity index (χ2n) is 4.69. The molecule has 1 amide bonds. The number of carbonyl (C=O) groups excluding carboxylic acids is 1. The number of fused-ring (bicyclic) bond motifs is 1. The Labute approximate surface area is 124 Å². The molecule has 0 aromatic carbocycles. The predicted octanol–water partition coefficient (Wildman–Crippen LogP) is 3.32. The van der Waals surface area contributed by atoms with Gasteiger partial charge in [-0.05, 0) is 48.4 Å². The van der Waals surface area contributed by atoms with E-state index in [1.165, 1.54) is 16.5 Å². The summed E-state index contributed by atoms with van der Waals surface area (Å²) in [6, 6.07) is 5.16. The van der Waals surface area contributed by atoms with Crippen LogP contribution in [0, 0.1) is 0 Å². The standard InChI is InChI=1S/C14H13NO3S2/c16-13(11-4-5-12(20-11)14(17)18)15-9-2-1-3-10-8(9)6-7-19-10/h4-7,9H,1-3H2,(H,15,16)(H,17,18). The Morgan fingerprint density at radius 2 is 2.05 bits per heavy atom. The molecule has 104 valence electrons. The third-order valence-electron chi connectivity index (χ3n) is 3.40. The van der Waals surface area contributed by atoms with Gasteiger partial charge in [0.1, 0.15) is 4.88 Å². The van der Waals surface area contributed by atoms with E-state index in [2.05, 4.69) is 16.8 Å². The molecule has 0 fully saturated rings. The van der Waals surface area contributed by atoms with Crippen LogP contribution < -0.4 is 5.32 Å². The average Bonchev–Trinajstić information content (AvgIpc) is 3.08. The Morgan fingerprint density at radius 3 is 2.80 bits per heavy atom. The van der Waals surface area contributed by atoms with Crippen molar-refractivity contribution in [2.45, 2.75) is 25.3 Å². The van der Waals surface area contributed by atoms with E-state index >= 15 is 0 Å². The van der Waals surface area contributed by atoms with Crippen LogP contribution in [0.5, 0.6) is 0 Å². The number of amides is 1. The summed E-state index contributed by atoms with van der Waals surface area (Å²) in [5.74, 6) is -1.18. The monoisotopic (exact) mass is 307 g/mol. The lowest BCUT2D eigenvalue weighted by atomic mass is 9.94. The molecular weight excluding hydrogens is 294 g/mol. The highest BCUT2D eigenvalue weighted by molar-refractivity contribution is 7.15. The van der Waals surface area contributed by atoms with Gasteiger partial charge in [0.2, 0.25) is 0 Å². The van der Waals surface area contributed by atoms with Crippen LogP contribution in [0.4, 0.5) is 0 Å². The minimum absolute atomic E-state index is 0.0490. The van der Waals surface area contributed by atoms with Crippen molar-refractivity contribution in [2.75, 3.05) is 0 Å². The van der Waals surface area contributed by atoms with E-state index in [0.29, 0.717) is 4.88 Å². The van der Waals surface area contributed by atoms with Crippen LogP contribution >= 0.6 is 22.7 Å². The molecule has 0 saturated carbocycles. The van der Waals surface area contributed by atoms with Crippen molar-refractivity contribution in [1.29, 1.82) is 0 Å². The van der Waals surface area contributed by atoms with E-state index in [4.69, 9.17) is 5.11 Å². The fourth-order valence-corrected chi connectivity index (χ4v) is 4.18. The number of aromatic carboxylic acids is 1. The van der Waals surface area contributed by atoms with Crippen LogP contribution in [0.1, 0.15) is 48.7 Å². The lowest BCUT2D eigenvalue weighted by Gasteiger charge is -2.23. The zero-order chi connectivity index (χ0) is 14.1. The zero-order valence-electron chi connectivity index (χ0n) is 10.6. The van der Waals surface area contributed by atoms with E-state index in [1.54, 1.807) is 17.4 Å². The quantitative estimate of drug-likeness (QED) is 0.914. The predicted molar refractivity (Wildman–Crippen MR) is 78.7 cm³/mol. The summed E-state index contributed by atoms with van der Waals surface area (Å²) in [7, 11) is 0. The first kappa shape index (κ1) is 13.3. The van der Waals surface area contributed by atoms with Crippen molar-refractivity contribution in [3.63, 3.8) is 0 Å². The van der Waals surface area contributed by atoms with Gasteiger partial charge in [0.25, 0.3) is 5.91 Å². The van der Waals surface area contributed by atoms with E-state index in [0.717, 1.165) is 30.6 Å². The molecule has 1 aliphatic rings. The highest BCUT2D eigenvalue weighted by Gasteiger charge is 2.24. The van der Waals surface area contributed by atoms with Gasteiger partial charge >= 0.3 is 5.97 Å². The molecule has 0 saturated heterocycles. The maximum atomic E-state index is 12.2. The van der Waals surface area contributed by atoms with Crippen molar-refractivity contribution in [3.05, 3.63) is 43.8 Å². The number of carbonyl (C=O) groups is 2. The third-order valence-corrected chi connectivity index (χ3v) is 5.47. The molecule has 1 aliphatic carbocycles. The fraction of sp³-hybridized carbons (Fsp3) is 0.286. The molecule has 0 radical (unpaired) electrons. The van der Waals surface area contributed by atoms with E-state index in [-0.39, 0.29) is 16.8 Å². The Bertz CT molecular complexity index is 659. The Morgan fingerprint density at radius 1 is 1.25 bits per heavy atom. The normalized spacial score (nSPS) is 17.5. The molecule has 4 nitrogen and oxygen atoms in total. The van der Waals surface area contributed by atoms with Crippen molar-refractivity contribution in [2.24, 2.45) is 0 Å². The van der Waals surface area contributed by atoms with E-state index in [9.17, 15) is 9.59 Å². The molecular formula is C14H13NO3S2. The summed E-state index contributed by atoms with van der Waals surface area (Å²) in [4.78, 5) is 25.0. The first-order valence-corrected chi connectivity index (χ1v) is 8.05. The smallest absolute Gasteiger partial charge is 0.345 e. The molecule has 2 aromatic heterocycles. The number of carboxylic acids is 1. The second kappa shape index (κ2) is 5.38. The van der Waals surface area contributed by atoms with Crippen LogP contribution in [0.15, 0.2) is 23.6 Å². The van der Waals surface area contributed by atoms with Crippen molar-refractivity contribution in [3.8, 4) is 0 Å². The van der Waals surface area contributed by atoms with Crippen LogP contribution in [-0.4, -0.2) is 17.0 Å². The highest BCUT2D eigenvalue weighted by Crippen LogP contribution is 2.33. The summed E-state index contributed by atoms with van der Waals surface area (Å²) in [5.41, 5.74) is 1.21. The lowest BCUT2D eigenvalue weighted by molar-refractivity contribution is 0.0702. The lowest BCUT2D eigenvalue weighted by Crippen LogP contribution is -2.29. The summed E-state index contributed by atoms with van der Waals surface area (Å²) in [6.45, 7) is 0. The number of aryl methyl sites for hydroxylation is 1. The molecule has 0 bridgehead atoms. The molecule has 3 rings (SSSR count). The maximum Gasteiger partial charge on any atom is 0.345 e. The van der Waals surface area contributed by atoms with Crippen LogP contribution in [-0.2, 0) is 6.42 Å². The van der Waals surface area contributed by atoms with Crippen molar-refractivity contribution >= 4 is 34.6 Å². The first-order valence-electron chi connectivity index (χ1n) is 6.35. The summed E-state index contributed by atoms with van der Waals surface area (Å²) < 4.78 is 0. The van der Waals surface area contributed by atoms with Gasteiger partial charge in [-0.25, -0.2) is 4.79 Å². The van der Waals surface area contributed by atoms with Gasteiger partial charge in [-0.3, -0.25) is 4.79 Å². The molecule has 2 aromatic rings. The Kier molecular flexibility index (Phi) is 3.58. The van der Waals surface area contributed by atoms with Gasteiger partial charge in [0, 0.05) is 4.88 Å². The SMILES string of the molecule is O=C(O)c1ccc(C(=O)NC2CCCc3sccc32)s1. The minimum Gasteiger partial charge on any atom is -0.477 e. The molecule has 1 atom stereocenters. The minimum atomic E-state index is -0.994. The number of thiophene rings is 2. The summed E-state index contributed by atoms with van der Waals surface area (Å²) in [5, 5.41) is 14.0. The molecule has 2 heterocycles. The van der Waals surface area contributed by atoms with Crippen LogP contribution in [0.25, 0.3) is 0 Å². The van der Waals surface area contributed by atoms with Crippen LogP contribution in [0.2, 0.25) is 0 Å². The maximum absolute atomic E-state index is 12.2. The first-order chi connectivity index (χ1) is 9.65.